The molecule has 2 atom stereocenters. The third-order valence-electron chi connectivity index (χ3n) is 2.44. The number of hydrogen-bond donors (Lipinski definition) is 4. The summed E-state index contributed by atoms with van der Waals surface area (Å²) < 4.78 is 0. The maximum atomic E-state index is 11.6. The van der Waals surface area contributed by atoms with E-state index in [2.05, 4.69) is 33.4 Å². The molecule has 6 nitrogen and oxygen atoms in total. The number of rotatable bonds is 2. The first-order valence-electron chi connectivity index (χ1n) is 5.22. The van der Waals surface area contributed by atoms with Crippen LogP contribution in [-0.4, -0.2) is 23.7 Å². The van der Waals surface area contributed by atoms with E-state index in [1.165, 1.54) is 0 Å². The predicted molar refractivity (Wildman–Crippen MR) is 60.5 cm³/mol. The lowest BCUT2D eigenvalue weighted by Gasteiger charge is -2.16. The molecular formula is C10H15N5O. The van der Waals surface area contributed by atoms with Gasteiger partial charge in [-0.1, -0.05) is 13.0 Å². The van der Waals surface area contributed by atoms with E-state index < -0.39 is 0 Å². The van der Waals surface area contributed by atoms with Crippen molar-refractivity contribution in [2.24, 2.45) is 5.92 Å². The Labute approximate surface area is 93.8 Å². The van der Waals surface area contributed by atoms with Crippen LogP contribution in [0.15, 0.2) is 24.4 Å². The van der Waals surface area contributed by atoms with Gasteiger partial charge in [0.1, 0.15) is 5.82 Å². The average molecular weight is 221 g/mol. The van der Waals surface area contributed by atoms with E-state index in [4.69, 9.17) is 0 Å². The molecule has 1 saturated heterocycles. The molecule has 2 unspecified atom stereocenters. The number of hydrazine groups is 1. The van der Waals surface area contributed by atoms with Crippen molar-refractivity contribution in [2.75, 3.05) is 11.9 Å². The Kier molecular flexibility index (Phi) is 3.33. The minimum Gasteiger partial charge on any atom is -0.321 e. The Morgan fingerprint density at radius 1 is 1.56 bits per heavy atom. The normalized spacial score (nSPS) is 24.1. The number of nitrogens with zero attached hydrogens (tertiary/aromatic N) is 1. The standard InChI is InChI=1S/C10H15N5O/c1-7-6-12-15-9(7)14-10(16)13-8-4-2-3-5-11-8/h2-5,7,9,12,15H,6H2,1H3,(H2,11,13,14,16). The Morgan fingerprint density at radius 3 is 3.06 bits per heavy atom. The van der Waals surface area contributed by atoms with Crippen molar-refractivity contribution in [1.82, 2.24) is 21.2 Å². The molecule has 1 aliphatic heterocycles. The van der Waals surface area contributed by atoms with Crippen molar-refractivity contribution in [3.63, 3.8) is 0 Å². The molecule has 0 bridgehead atoms. The van der Waals surface area contributed by atoms with Crippen LogP contribution in [0.25, 0.3) is 0 Å². The molecule has 86 valence electrons. The van der Waals surface area contributed by atoms with Gasteiger partial charge < -0.3 is 5.32 Å². The molecule has 2 rings (SSSR count). The lowest BCUT2D eigenvalue weighted by Crippen LogP contribution is -2.48. The van der Waals surface area contributed by atoms with Gasteiger partial charge in [0.25, 0.3) is 0 Å². The fraction of sp³-hybridized carbons (Fsp3) is 0.400. The smallest absolute Gasteiger partial charge is 0.321 e. The number of aromatic nitrogens is 1. The number of carbonyl (C=O) groups excluding carboxylic acids is 1. The van der Waals surface area contributed by atoms with Crippen LogP contribution in [0.1, 0.15) is 6.92 Å². The number of urea groups is 1. The minimum atomic E-state index is -0.258. The third-order valence-corrected chi connectivity index (χ3v) is 2.44. The second kappa shape index (κ2) is 4.91. The van der Waals surface area contributed by atoms with Crippen LogP contribution in [0.5, 0.6) is 0 Å². The van der Waals surface area contributed by atoms with Gasteiger partial charge in [-0.05, 0) is 12.1 Å². The van der Waals surface area contributed by atoms with Crippen LogP contribution in [0.2, 0.25) is 0 Å². The quantitative estimate of drug-likeness (QED) is 0.578. The molecule has 1 aromatic rings. The summed E-state index contributed by atoms with van der Waals surface area (Å²) in [5.41, 5.74) is 5.96. The summed E-state index contributed by atoms with van der Waals surface area (Å²) in [6, 6.07) is 5.10. The fourth-order valence-corrected chi connectivity index (χ4v) is 1.50. The molecule has 0 saturated carbocycles. The van der Waals surface area contributed by atoms with Crippen LogP contribution >= 0.6 is 0 Å². The van der Waals surface area contributed by atoms with Gasteiger partial charge >= 0.3 is 6.03 Å². The van der Waals surface area contributed by atoms with Crippen LogP contribution in [0.3, 0.4) is 0 Å². The number of carbonyl (C=O) groups is 1. The van der Waals surface area contributed by atoms with Gasteiger partial charge in [0.2, 0.25) is 0 Å². The van der Waals surface area contributed by atoms with E-state index in [9.17, 15) is 4.79 Å². The molecule has 1 fully saturated rings. The summed E-state index contributed by atoms with van der Waals surface area (Å²) in [4.78, 5) is 15.6. The minimum absolute atomic E-state index is 0.0521. The van der Waals surface area contributed by atoms with E-state index in [0.29, 0.717) is 11.7 Å². The second-order valence-electron chi connectivity index (χ2n) is 3.79. The molecule has 1 aromatic heterocycles. The highest BCUT2D eigenvalue weighted by Gasteiger charge is 2.23. The molecule has 2 amide bonds. The maximum Gasteiger partial charge on any atom is 0.321 e. The maximum absolute atomic E-state index is 11.6. The van der Waals surface area contributed by atoms with Crippen LogP contribution in [0, 0.1) is 5.92 Å². The summed E-state index contributed by atoms with van der Waals surface area (Å²) in [5, 5.41) is 5.47. The summed E-state index contributed by atoms with van der Waals surface area (Å²) >= 11 is 0. The van der Waals surface area contributed by atoms with E-state index in [1.54, 1.807) is 18.3 Å². The van der Waals surface area contributed by atoms with Gasteiger partial charge in [-0.15, -0.1) is 0 Å². The first-order chi connectivity index (χ1) is 7.75. The number of amides is 2. The fourth-order valence-electron chi connectivity index (χ4n) is 1.50. The van der Waals surface area contributed by atoms with Crippen LogP contribution in [-0.2, 0) is 0 Å². The van der Waals surface area contributed by atoms with Crippen molar-refractivity contribution in [3.8, 4) is 0 Å². The zero-order valence-corrected chi connectivity index (χ0v) is 9.03. The van der Waals surface area contributed by atoms with Gasteiger partial charge in [0.05, 0.1) is 6.17 Å². The van der Waals surface area contributed by atoms with Gasteiger partial charge in [-0.25, -0.2) is 15.2 Å². The van der Waals surface area contributed by atoms with Gasteiger partial charge in [0.15, 0.2) is 0 Å². The number of nitrogens with one attached hydrogen (secondary N) is 4. The number of pyridine rings is 1. The zero-order valence-electron chi connectivity index (χ0n) is 9.03. The van der Waals surface area contributed by atoms with Crippen molar-refractivity contribution in [2.45, 2.75) is 13.1 Å². The Hall–Kier alpha value is -1.66. The van der Waals surface area contributed by atoms with Crippen molar-refractivity contribution >= 4 is 11.8 Å². The molecule has 0 radical (unpaired) electrons. The zero-order chi connectivity index (χ0) is 11.4. The van der Waals surface area contributed by atoms with Gasteiger partial charge in [-0.3, -0.25) is 10.7 Å². The molecule has 16 heavy (non-hydrogen) atoms. The molecule has 4 N–H and O–H groups in total. The van der Waals surface area contributed by atoms with E-state index in [1.807, 2.05) is 6.07 Å². The Balaban J connectivity index is 1.85. The topological polar surface area (TPSA) is 78.1 Å². The molecule has 2 heterocycles. The van der Waals surface area contributed by atoms with Gasteiger partial charge in [0, 0.05) is 18.7 Å². The third kappa shape index (κ3) is 2.68. The lowest BCUT2D eigenvalue weighted by molar-refractivity contribution is 0.244. The first-order valence-corrected chi connectivity index (χ1v) is 5.22. The summed E-state index contributed by atoms with van der Waals surface area (Å²) in [6.07, 6.45) is 1.58. The molecule has 1 aliphatic rings. The monoisotopic (exact) mass is 221 g/mol. The SMILES string of the molecule is CC1CNNC1NC(=O)Nc1ccccn1. The lowest BCUT2D eigenvalue weighted by atomic mass is 10.1. The van der Waals surface area contributed by atoms with Crippen LogP contribution in [0.4, 0.5) is 10.6 Å². The van der Waals surface area contributed by atoms with Crippen molar-refractivity contribution < 1.29 is 4.79 Å². The summed E-state index contributed by atoms with van der Waals surface area (Å²) in [7, 11) is 0. The highest BCUT2D eigenvalue weighted by molar-refractivity contribution is 5.88. The van der Waals surface area contributed by atoms with Crippen molar-refractivity contribution in [3.05, 3.63) is 24.4 Å². The predicted octanol–water partition coefficient (Wildman–Crippen LogP) is 0.273. The average Bonchev–Trinajstić information content (AvgIpc) is 2.66. The van der Waals surface area contributed by atoms with E-state index >= 15 is 0 Å². The first kappa shape index (κ1) is 10.8. The molecule has 6 heteroatoms. The second-order valence-corrected chi connectivity index (χ2v) is 3.79. The highest BCUT2D eigenvalue weighted by Crippen LogP contribution is 2.04. The highest BCUT2D eigenvalue weighted by atomic mass is 16.2. The summed E-state index contributed by atoms with van der Waals surface area (Å²) in [6.45, 7) is 2.90. The molecule has 0 aromatic carbocycles. The summed E-state index contributed by atoms with van der Waals surface area (Å²) in [5.74, 6) is 0.896. The van der Waals surface area contributed by atoms with E-state index in [0.717, 1.165) is 6.54 Å². The Bertz CT molecular complexity index is 355. The molecular weight excluding hydrogens is 206 g/mol. The van der Waals surface area contributed by atoms with Crippen LogP contribution < -0.4 is 21.5 Å². The van der Waals surface area contributed by atoms with E-state index in [-0.39, 0.29) is 12.2 Å². The Morgan fingerprint density at radius 2 is 2.44 bits per heavy atom. The number of anilines is 1. The molecule has 0 spiro atoms. The molecule has 0 aliphatic carbocycles. The van der Waals surface area contributed by atoms with Gasteiger partial charge in [-0.2, -0.15) is 0 Å². The number of hydrogen-bond acceptors (Lipinski definition) is 4. The van der Waals surface area contributed by atoms with Crippen molar-refractivity contribution in [1.29, 1.82) is 0 Å². The largest absolute Gasteiger partial charge is 0.321 e.